The Morgan fingerprint density at radius 1 is 1.13 bits per heavy atom. The number of aliphatic imine (C=N–C) groups is 1. The molecule has 0 unspecified atom stereocenters. The maximum absolute atomic E-state index is 4.31. The molecule has 1 saturated heterocycles. The van der Waals surface area contributed by atoms with E-state index in [0.29, 0.717) is 0 Å². The van der Waals surface area contributed by atoms with Gasteiger partial charge in [-0.05, 0) is 43.0 Å². The van der Waals surface area contributed by atoms with Gasteiger partial charge in [-0.15, -0.1) is 34.2 Å². The third-order valence-corrected chi connectivity index (χ3v) is 5.65. The predicted molar refractivity (Wildman–Crippen MR) is 133 cm³/mol. The number of guanidine groups is 1. The smallest absolute Gasteiger partial charge is 0.191 e. The summed E-state index contributed by atoms with van der Waals surface area (Å²) in [5, 5.41) is 14.8. The van der Waals surface area contributed by atoms with Crippen molar-refractivity contribution in [2.75, 3.05) is 26.7 Å². The number of rotatable bonds is 8. The van der Waals surface area contributed by atoms with Crippen LogP contribution in [0.3, 0.4) is 0 Å². The number of likely N-dealkylation sites (tertiary alicyclic amines) is 1. The lowest BCUT2D eigenvalue weighted by molar-refractivity contribution is 0.185. The van der Waals surface area contributed by atoms with Gasteiger partial charge in [0, 0.05) is 39.6 Å². The summed E-state index contributed by atoms with van der Waals surface area (Å²) < 4.78 is 2.07. The second-order valence-corrected chi connectivity index (χ2v) is 7.92. The number of aromatic nitrogens is 3. The molecule has 1 aromatic carbocycles. The Morgan fingerprint density at radius 3 is 2.50 bits per heavy atom. The Morgan fingerprint density at radius 2 is 1.83 bits per heavy atom. The summed E-state index contributed by atoms with van der Waals surface area (Å²) in [6, 6.07) is 8.94. The van der Waals surface area contributed by atoms with Crippen LogP contribution in [-0.4, -0.2) is 52.3 Å². The fourth-order valence-corrected chi connectivity index (χ4v) is 3.68. The molecule has 2 aromatic rings. The van der Waals surface area contributed by atoms with E-state index in [4.69, 9.17) is 0 Å². The van der Waals surface area contributed by atoms with Gasteiger partial charge in [0.2, 0.25) is 0 Å². The molecule has 1 aromatic heterocycles. The van der Waals surface area contributed by atoms with Crippen LogP contribution in [0.15, 0.2) is 35.6 Å². The average molecular weight is 525 g/mol. The largest absolute Gasteiger partial charge is 0.355 e. The quantitative estimate of drug-likeness (QED) is 0.315. The van der Waals surface area contributed by atoms with Crippen molar-refractivity contribution in [1.82, 2.24) is 30.3 Å². The first-order chi connectivity index (χ1) is 14.2. The zero-order chi connectivity index (χ0) is 20.5. The summed E-state index contributed by atoms with van der Waals surface area (Å²) in [7, 11) is 1.80. The molecule has 2 N–H and O–H groups in total. The standard InChI is InChI=1S/C22H35N7.HI/c1-4-21-27-26-17-29(21)14-11-24-22(23-3)25-15-19-5-7-20(8-6-19)16-28-12-9-18(2)10-13-28;/h5-8,17-18H,4,9-16H2,1-3H3,(H2,23,24,25);1H. The van der Waals surface area contributed by atoms with Crippen LogP contribution in [0.5, 0.6) is 0 Å². The minimum Gasteiger partial charge on any atom is -0.355 e. The number of hydrogen-bond acceptors (Lipinski definition) is 4. The Balaban J connectivity index is 0.00000320. The van der Waals surface area contributed by atoms with Crippen molar-refractivity contribution in [1.29, 1.82) is 0 Å². The molecule has 0 saturated carbocycles. The van der Waals surface area contributed by atoms with Crippen LogP contribution in [0.2, 0.25) is 0 Å². The van der Waals surface area contributed by atoms with Gasteiger partial charge in [-0.2, -0.15) is 0 Å². The zero-order valence-corrected chi connectivity index (χ0v) is 20.8. The Bertz CT molecular complexity index is 764. The first-order valence-corrected chi connectivity index (χ1v) is 10.8. The third kappa shape index (κ3) is 7.54. The van der Waals surface area contributed by atoms with Crippen LogP contribution in [0.4, 0.5) is 0 Å². The lowest BCUT2D eigenvalue weighted by atomic mass is 9.99. The van der Waals surface area contributed by atoms with Crippen LogP contribution in [0.25, 0.3) is 0 Å². The van der Waals surface area contributed by atoms with Crippen LogP contribution < -0.4 is 10.6 Å². The van der Waals surface area contributed by atoms with E-state index in [2.05, 4.69) is 73.4 Å². The van der Waals surface area contributed by atoms with E-state index in [1.807, 2.05) is 0 Å². The van der Waals surface area contributed by atoms with Crippen LogP contribution in [0, 0.1) is 5.92 Å². The topological polar surface area (TPSA) is 70.4 Å². The SMILES string of the molecule is CCc1nncn1CCNC(=NC)NCc1ccc(CN2CCC(C)CC2)cc1.I. The fourth-order valence-electron chi connectivity index (χ4n) is 3.68. The molecule has 1 fully saturated rings. The summed E-state index contributed by atoms with van der Waals surface area (Å²) in [6.07, 6.45) is 5.32. The normalized spacial score (nSPS) is 15.6. The van der Waals surface area contributed by atoms with Crippen molar-refractivity contribution in [3.63, 3.8) is 0 Å². The highest BCUT2D eigenvalue weighted by Crippen LogP contribution is 2.18. The minimum absolute atomic E-state index is 0. The number of nitrogens with zero attached hydrogens (tertiary/aromatic N) is 5. The van der Waals surface area contributed by atoms with Gasteiger partial charge < -0.3 is 15.2 Å². The van der Waals surface area contributed by atoms with Gasteiger partial charge in [0.15, 0.2) is 5.96 Å². The maximum Gasteiger partial charge on any atom is 0.191 e. The van der Waals surface area contributed by atoms with Crippen molar-refractivity contribution in [3.05, 3.63) is 47.5 Å². The lowest BCUT2D eigenvalue weighted by Gasteiger charge is -2.30. The van der Waals surface area contributed by atoms with Gasteiger partial charge in [-0.1, -0.05) is 38.1 Å². The second-order valence-electron chi connectivity index (χ2n) is 7.92. The predicted octanol–water partition coefficient (Wildman–Crippen LogP) is 3.06. The lowest BCUT2D eigenvalue weighted by Crippen LogP contribution is -2.38. The van der Waals surface area contributed by atoms with E-state index in [0.717, 1.165) is 50.3 Å². The maximum atomic E-state index is 4.31. The van der Waals surface area contributed by atoms with Gasteiger partial charge in [0.1, 0.15) is 12.2 Å². The fraction of sp³-hybridized carbons (Fsp3) is 0.591. The first-order valence-electron chi connectivity index (χ1n) is 10.8. The van der Waals surface area contributed by atoms with Crippen molar-refractivity contribution in [3.8, 4) is 0 Å². The summed E-state index contributed by atoms with van der Waals surface area (Å²) >= 11 is 0. The third-order valence-electron chi connectivity index (χ3n) is 5.65. The number of halogens is 1. The molecule has 166 valence electrons. The average Bonchev–Trinajstić information content (AvgIpc) is 3.21. The van der Waals surface area contributed by atoms with E-state index in [9.17, 15) is 0 Å². The molecular weight excluding hydrogens is 489 g/mol. The molecule has 8 heteroatoms. The summed E-state index contributed by atoms with van der Waals surface area (Å²) in [6.45, 7) is 10.3. The Kier molecular flexibility index (Phi) is 10.6. The van der Waals surface area contributed by atoms with E-state index in [1.165, 1.54) is 37.1 Å². The van der Waals surface area contributed by atoms with Crippen molar-refractivity contribution >= 4 is 29.9 Å². The summed E-state index contributed by atoms with van der Waals surface area (Å²) in [4.78, 5) is 6.88. The highest BCUT2D eigenvalue weighted by molar-refractivity contribution is 14.0. The number of aryl methyl sites for hydroxylation is 1. The molecule has 0 bridgehead atoms. The highest BCUT2D eigenvalue weighted by Gasteiger charge is 2.15. The molecule has 1 aliphatic heterocycles. The summed E-state index contributed by atoms with van der Waals surface area (Å²) in [5.74, 6) is 2.70. The molecule has 0 spiro atoms. The molecule has 0 aliphatic carbocycles. The van der Waals surface area contributed by atoms with E-state index in [-0.39, 0.29) is 24.0 Å². The van der Waals surface area contributed by atoms with Gasteiger partial charge in [-0.3, -0.25) is 9.89 Å². The summed E-state index contributed by atoms with van der Waals surface area (Å²) in [5.41, 5.74) is 2.66. The number of benzene rings is 1. The minimum atomic E-state index is 0. The van der Waals surface area contributed by atoms with Crippen molar-refractivity contribution < 1.29 is 0 Å². The molecule has 30 heavy (non-hydrogen) atoms. The monoisotopic (exact) mass is 525 g/mol. The van der Waals surface area contributed by atoms with Gasteiger partial charge >= 0.3 is 0 Å². The molecule has 0 atom stereocenters. The number of piperidine rings is 1. The molecule has 1 aliphatic rings. The number of nitrogens with one attached hydrogen (secondary N) is 2. The number of hydrogen-bond donors (Lipinski definition) is 2. The van der Waals surface area contributed by atoms with Gasteiger partial charge in [0.05, 0.1) is 0 Å². The van der Waals surface area contributed by atoms with E-state index < -0.39 is 0 Å². The van der Waals surface area contributed by atoms with Crippen molar-refractivity contribution in [2.24, 2.45) is 10.9 Å². The van der Waals surface area contributed by atoms with Gasteiger partial charge in [-0.25, -0.2) is 0 Å². The molecule has 7 nitrogen and oxygen atoms in total. The van der Waals surface area contributed by atoms with Crippen LogP contribution in [0.1, 0.15) is 43.6 Å². The molecule has 0 radical (unpaired) electrons. The zero-order valence-electron chi connectivity index (χ0n) is 18.5. The molecule has 3 rings (SSSR count). The second kappa shape index (κ2) is 12.9. The van der Waals surface area contributed by atoms with E-state index in [1.54, 1.807) is 13.4 Å². The molecular formula is C22H36IN7. The van der Waals surface area contributed by atoms with Crippen LogP contribution >= 0.6 is 24.0 Å². The van der Waals surface area contributed by atoms with Gasteiger partial charge in [0.25, 0.3) is 0 Å². The Hall–Kier alpha value is -1.68. The molecule has 2 heterocycles. The van der Waals surface area contributed by atoms with Crippen molar-refractivity contribution in [2.45, 2.75) is 52.7 Å². The van der Waals surface area contributed by atoms with E-state index >= 15 is 0 Å². The molecule has 0 amide bonds. The first kappa shape index (κ1) is 24.6. The Labute approximate surface area is 197 Å². The highest BCUT2D eigenvalue weighted by atomic mass is 127. The van der Waals surface area contributed by atoms with Crippen LogP contribution in [-0.2, 0) is 26.1 Å².